The molecule has 0 spiro atoms. The minimum absolute atomic E-state index is 0.159. The van der Waals surface area contributed by atoms with E-state index in [0.717, 1.165) is 10.0 Å². The molecule has 0 saturated heterocycles. The van der Waals surface area contributed by atoms with Crippen molar-refractivity contribution in [1.82, 2.24) is 10.6 Å². The minimum atomic E-state index is -0.568. The Hall–Kier alpha value is -1.11. The van der Waals surface area contributed by atoms with Crippen LogP contribution in [0, 0.1) is 0 Å². The second-order valence-electron chi connectivity index (χ2n) is 4.30. The van der Waals surface area contributed by atoms with Gasteiger partial charge in [0.25, 0.3) is 5.91 Å². The summed E-state index contributed by atoms with van der Waals surface area (Å²) in [5, 5.41) is 5.83. The monoisotopic (exact) mass is 344 g/mol. The zero-order valence-electron chi connectivity index (χ0n) is 12.0. The Kier molecular flexibility index (Phi) is 7.58. The molecule has 1 unspecified atom stereocenters. The predicted molar refractivity (Wildman–Crippen MR) is 81.9 cm³/mol. The summed E-state index contributed by atoms with van der Waals surface area (Å²) < 4.78 is 11.5. The first kappa shape index (κ1) is 16.9. The number of benzene rings is 1. The van der Waals surface area contributed by atoms with Crippen molar-refractivity contribution < 1.29 is 14.3 Å². The van der Waals surface area contributed by atoms with Crippen LogP contribution in [0.1, 0.15) is 12.5 Å². The summed E-state index contributed by atoms with van der Waals surface area (Å²) in [6, 6.07) is 5.79. The van der Waals surface area contributed by atoms with E-state index in [1.54, 1.807) is 14.0 Å². The van der Waals surface area contributed by atoms with Gasteiger partial charge < -0.3 is 20.1 Å². The van der Waals surface area contributed by atoms with Crippen LogP contribution in [0.25, 0.3) is 0 Å². The van der Waals surface area contributed by atoms with Crippen LogP contribution in [0.15, 0.2) is 22.7 Å². The number of amides is 1. The highest BCUT2D eigenvalue weighted by atomic mass is 79.9. The second-order valence-corrected chi connectivity index (χ2v) is 5.16. The Morgan fingerprint density at radius 3 is 2.85 bits per heavy atom. The van der Waals surface area contributed by atoms with E-state index in [2.05, 4.69) is 26.6 Å². The number of halogens is 1. The standard InChI is InChI=1S/C14H21BrN2O3/c1-10(14(18)17-7-8-19-3)20-13-11(9-16-2)5-4-6-12(13)15/h4-6,10,16H,7-9H2,1-3H3,(H,17,18). The fourth-order valence-electron chi connectivity index (χ4n) is 1.67. The van der Waals surface area contributed by atoms with Gasteiger partial charge >= 0.3 is 0 Å². The van der Waals surface area contributed by atoms with E-state index in [1.807, 2.05) is 25.2 Å². The molecule has 0 aliphatic rings. The molecule has 0 aliphatic heterocycles. The third kappa shape index (κ3) is 5.11. The Morgan fingerprint density at radius 2 is 2.20 bits per heavy atom. The van der Waals surface area contributed by atoms with E-state index in [-0.39, 0.29) is 5.91 Å². The molecule has 1 aromatic rings. The van der Waals surface area contributed by atoms with Crippen LogP contribution in [-0.2, 0) is 16.1 Å². The Morgan fingerprint density at radius 1 is 1.45 bits per heavy atom. The van der Waals surface area contributed by atoms with Crippen LogP contribution in [0.3, 0.4) is 0 Å². The van der Waals surface area contributed by atoms with Crippen molar-refractivity contribution >= 4 is 21.8 Å². The third-order valence-electron chi connectivity index (χ3n) is 2.69. The lowest BCUT2D eigenvalue weighted by molar-refractivity contribution is -0.127. The lowest BCUT2D eigenvalue weighted by atomic mass is 10.2. The molecule has 0 heterocycles. The lowest BCUT2D eigenvalue weighted by Crippen LogP contribution is -2.38. The summed E-state index contributed by atoms with van der Waals surface area (Å²) in [5.41, 5.74) is 0.999. The van der Waals surface area contributed by atoms with Gasteiger partial charge in [0.2, 0.25) is 0 Å². The number of hydrogen-bond acceptors (Lipinski definition) is 4. The Labute approximate surface area is 128 Å². The molecular weight excluding hydrogens is 324 g/mol. The van der Waals surface area contributed by atoms with E-state index in [0.29, 0.717) is 25.4 Å². The molecule has 1 rings (SSSR count). The number of hydrogen-bond donors (Lipinski definition) is 2. The summed E-state index contributed by atoms with van der Waals surface area (Å²) >= 11 is 3.45. The average Bonchev–Trinajstić information content (AvgIpc) is 2.43. The van der Waals surface area contributed by atoms with E-state index >= 15 is 0 Å². The van der Waals surface area contributed by atoms with Gasteiger partial charge in [0.15, 0.2) is 6.10 Å². The number of carbonyl (C=O) groups is 1. The van der Waals surface area contributed by atoms with E-state index in [4.69, 9.17) is 9.47 Å². The number of rotatable bonds is 8. The maximum atomic E-state index is 11.9. The van der Waals surface area contributed by atoms with Gasteiger partial charge in [-0.1, -0.05) is 12.1 Å². The molecule has 0 bridgehead atoms. The average molecular weight is 345 g/mol. The number of para-hydroxylation sites is 1. The van der Waals surface area contributed by atoms with E-state index in [1.165, 1.54) is 0 Å². The van der Waals surface area contributed by atoms with Gasteiger partial charge in [-0.2, -0.15) is 0 Å². The first-order valence-electron chi connectivity index (χ1n) is 6.45. The van der Waals surface area contributed by atoms with Gasteiger partial charge in [-0.25, -0.2) is 0 Å². The van der Waals surface area contributed by atoms with Gasteiger partial charge in [-0.15, -0.1) is 0 Å². The fourth-order valence-corrected chi connectivity index (χ4v) is 2.17. The molecular formula is C14H21BrN2O3. The molecule has 1 atom stereocenters. The molecule has 2 N–H and O–H groups in total. The maximum Gasteiger partial charge on any atom is 0.260 e. The van der Waals surface area contributed by atoms with Crippen molar-refractivity contribution in [3.63, 3.8) is 0 Å². The largest absolute Gasteiger partial charge is 0.479 e. The summed E-state index contributed by atoms with van der Waals surface area (Å²) in [5.74, 6) is 0.532. The van der Waals surface area contributed by atoms with Gasteiger partial charge in [0, 0.05) is 25.8 Å². The zero-order valence-corrected chi connectivity index (χ0v) is 13.6. The highest BCUT2D eigenvalue weighted by Gasteiger charge is 2.17. The number of methoxy groups -OCH3 is 1. The first-order valence-corrected chi connectivity index (χ1v) is 7.24. The Balaban J connectivity index is 2.69. The molecule has 6 heteroatoms. The highest BCUT2D eigenvalue weighted by molar-refractivity contribution is 9.10. The molecule has 20 heavy (non-hydrogen) atoms. The molecule has 0 fully saturated rings. The van der Waals surface area contributed by atoms with Crippen molar-refractivity contribution in [2.75, 3.05) is 27.3 Å². The van der Waals surface area contributed by atoms with E-state index < -0.39 is 6.10 Å². The molecule has 0 aromatic heterocycles. The van der Waals surface area contributed by atoms with Crippen molar-refractivity contribution in [3.05, 3.63) is 28.2 Å². The SMILES string of the molecule is CNCc1cccc(Br)c1OC(C)C(=O)NCCOC. The molecule has 0 radical (unpaired) electrons. The smallest absolute Gasteiger partial charge is 0.260 e. The van der Waals surface area contributed by atoms with Crippen LogP contribution in [-0.4, -0.2) is 39.3 Å². The van der Waals surface area contributed by atoms with Crippen molar-refractivity contribution in [1.29, 1.82) is 0 Å². The molecule has 112 valence electrons. The van der Waals surface area contributed by atoms with Crippen LogP contribution < -0.4 is 15.4 Å². The van der Waals surface area contributed by atoms with Crippen molar-refractivity contribution in [2.24, 2.45) is 0 Å². The normalized spacial score (nSPS) is 12.0. The number of nitrogens with one attached hydrogen (secondary N) is 2. The summed E-state index contributed by atoms with van der Waals surface area (Å²) in [7, 11) is 3.46. The van der Waals surface area contributed by atoms with Crippen molar-refractivity contribution in [2.45, 2.75) is 19.6 Å². The molecule has 0 saturated carbocycles. The molecule has 0 aliphatic carbocycles. The van der Waals surface area contributed by atoms with Crippen LogP contribution in [0.4, 0.5) is 0 Å². The topological polar surface area (TPSA) is 59.6 Å². The van der Waals surface area contributed by atoms with Crippen molar-refractivity contribution in [3.8, 4) is 5.75 Å². The van der Waals surface area contributed by atoms with Gasteiger partial charge in [-0.3, -0.25) is 4.79 Å². The number of carbonyl (C=O) groups excluding carboxylic acids is 1. The van der Waals surface area contributed by atoms with Crippen LogP contribution in [0.5, 0.6) is 5.75 Å². The van der Waals surface area contributed by atoms with Gasteiger partial charge in [0.1, 0.15) is 5.75 Å². The summed E-state index contributed by atoms with van der Waals surface area (Å²) in [6.07, 6.45) is -0.568. The molecule has 1 aromatic carbocycles. The van der Waals surface area contributed by atoms with Crippen LogP contribution in [0.2, 0.25) is 0 Å². The van der Waals surface area contributed by atoms with E-state index in [9.17, 15) is 4.79 Å². The number of ether oxygens (including phenoxy) is 2. The maximum absolute atomic E-state index is 11.9. The summed E-state index contributed by atoms with van der Waals surface area (Å²) in [4.78, 5) is 11.9. The van der Waals surface area contributed by atoms with Crippen LogP contribution >= 0.6 is 15.9 Å². The Bertz CT molecular complexity index is 440. The second kappa shape index (κ2) is 8.94. The fraction of sp³-hybridized carbons (Fsp3) is 0.500. The first-order chi connectivity index (χ1) is 9.60. The minimum Gasteiger partial charge on any atom is -0.479 e. The molecule has 1 amide bonds. The zero-order chi connectivity index (χ0) is 15.0. The third-order valence-corrected chi connectivity index (χ3v) is 3.31. The van der Waals surface area contributed by atoms with Gasteiger partial charge in [0.05, 0.1) is 11.1 Å². The molecule has 5 nitrogen and oxygen atoms in total. The lowest BCUT2D eigenvalue weighted by Gasteiger charge is -2.18. The predicted octanol–water partition coefficient (Wildman–Crippen LogP) is 1.70. The quantitative estimate of drug-likeness (QED) is 0.704. The van der Waals surface area contributed by atoms with Gasteiger partial charge in [-0.05, 0) is 36.0 Å². The summed E-state index contributed by atoms with van der Waals surface area (Å²) in [6.45, 7) is 3.36. The highest BCUT2D eigenvalue weighted by Crippen LogP contribution is 2.29.